The van der Waals surface area contributed by atoms with Crippen LogP contribution in [0.2, 0.25) is 0 Å². The first-order valence-corrected chi connectivity index (χ1v) is 10.6. The summed E-state index contributed by atoms with van der Waals surface area (Å²) in [5.41, 5.74) is 9.29. The molecule has 6 heteroatoms. The van der Waals surface area contributed by atoms with E-state index in [1.54, 1.807) is 11.3 Å². The highest BCUT2D eigenvalue weighted by atomic mass is 32.1. The van der Waals surface area contributed by atoms with Gasteiger partial charge in [-0.2, -0.15) is 0 Å². The predicted molar refractivity (Wildman–Crippen MR) is 108 cm³/mol. The van der Waals surface area contributed by atoms with Crippen LogP contribution in [0.4, 0.5) is 0 Å². The number of carbonyl (C=O) groups is 1. The minimum atomic E-state index is 0.0260. The van der Waals surface area contributed by atoms with Gasteiger partial charge in [-0.15, -0.1) is 11.3 Å². The van der Waals surface area contributed by atoms with Crippen molar-refractivity contribution in [3.05, 3.63) is 51.7 Å². The van der Waals surface area contributed by atoms with E-state index in [-0.39, 0.29) is 30.6 Å². The van der Waals surface area contributed by atoms with Crippen molar-refractivity contribution < 1.29 is 9.53 Å². The number of fused-ring (bicyclic) bond motifs is 1. The Morgan fingerprint density at radius 3 is 2.70 bits per heavy atom. The SMILES string of the molecule is CC1NNC(C)C1N(Cc1cccs1)C(=O)COc1ccc2c(c1)CCC2. The van der Waals surface area contributed by atoms with Gasteiger partial charge in [0.2, 0.25) is 0 Å². The molecular weight excluding hydrogens is 358 g/mol. The second-order valence-electron chi connectivity index (χ2n) is 7.53. The Labute approximate surface area is 164 Å². The zero-order valence-electron chi connectivity index (χ0n) is 15.9. The molecule has 0 bridgehead atoms. The average molecular weight is 386 g/mol. The number of benzene rings is 1. The van der Waals surface area contributed by atoms with Crippen LogP contribution in [0.25, 0.3) is 0 Å². The summed E-state index contributed by atoms with van der Waals surface area (Å²) in [5, 5.41) is 2.05. The van der Waals surface area contributed by atoms with Crippen molar-refractivity contribution in [2.75, 3.05) is 6.61 Å². The van der Waals surface area contributed by atoms with Crippen LogP contribution in [0, 0.1) is 0 Å². The lowest BCUT2D eigenvalue weighted by molar-refractivity contribution is -0.136. The van der Waals surface area contributed by atoms with Crippen molar-refractivity contribution in [1.82, 2.24) is 15.8 Å². The maximum absolute atomic E-state index is 13.1. The zero-order valence-corrected chi connectivity index (χ0v) is 16.7. The molecule has 2 aromatic rings. The van der Waals surface area contributed by atoms with Crippen LogP contribution < -0.4 is 15.6 Å². The maximum Gasteiger partial charge on any atom is 0.261 e. The molecule has 1 aromatic carbocycles. The second kappa shape index (κ2) is 8.00. The van der Waals surface area contributed by atoms with Gasteiger partial charge in [-0.05, 0) is 67.8 Å². The first kappa shape index (κ1) is 18.5. The molecular formula is C21H27N3O2S. The number of hydrazine groups is 1. The standard InChI is InChI=1S/C21H27N3O2S/c1-14-21(15(2)23-22-14)24(12-19-7-4-10-27-19)20(25)13-26-18-9-8-16-5-3-6-17(16)11-18/h4,7-11,14-15,21-23H,3,5-6,12-13H2,1-2H3. The van der Waals surface area contributed by atoms with Crippen LogP contribution in [0.15, 0.2) is 35.7 Å². The summed E-state index contributed by atoms with van der Waals surface area (Å²) in [4.78, 5) is 16.3. The summed E-state index contributed by atoms with van der Waals surface area (Å²) in [6.07, 6.45) is 3.48. The predicted octanol–water partition coefficient (Wildman–Crippen LogP) is 2.90. The highest BCUT2D eigenvalue weighted by Gasteiger charge is 2.37. The van der Waals surface area contributed by atoms with Crippen molar-refractivity contribution in [3.8, 4) is 5.75 Å². The molecule has 2 atom stereocenters. The molecule has 2 heterocycles. The lowest BCUT2D eigenvalue weighted by atomic mass is 10.0. The van der Waals surface area contributed by atoms with Gasteiger partial charge in [-0.1, -0.05) is 12.1 Å². The average Bonchev–Trinajstić information content (AvgIpc) is 3.40. The van der Waals surface area contributed by atoms with Crippen LogP contribution >= 0.6 is 11.3 Å². The van der Waals surface area contributed by atoms with Gasteiger partial charge >= 0.3 is 0 Å². The monoisotopic (exact) mass is 385 g/mol. The molecule has 0 spiro atoms. The molecule has 1 fully saturated rings. The Kier molecular flexibility index (Phi) is 5.48. The number of hydrogen-bond donors (Lipinski definition) is 2. The Bertz CT molecular complexity index is 783. The number of nitrogens with zero attached hydrogens (tertiary/aromatic N) is 1. The fraction of sp³-hybridized carbons (Fsp3) is 0.476. The molecule has 0 radical (unpaired) electrons. The van der Waals surface area contributed by atoms with Gasteiger partial charge in [0.25, 0.3) is 5.91 Å². The Morgan fingerprint density at radius 1 is 1.19 bits per heavy atom. The molecule has 2 aliphatic rings. The highest BCUT2D eigenvalue weighted by molar-refractivity contribution is 7.09. The first-order chi connectivity index (χ1) is 13.1. The van der Waals surface area contributed by atoms with Gasteiger partial charge < -0.3 is 9.64 Å². The first-order valence-electron chi connectivity index (χ1n) is 9.69. The molecule has 0 saturated carbocycles. The van der Waals surface area contributed by atoms with E-state index >= 15 is 0 Å². The smallest absolute Gasteiger partial charge is 0.261 e. The van der Waals surface area contributed by atoms with Gasteiger partial charge in [0, 0.05) is 17.0 Å². The lowest BCUT2D eigenvalue weighted by Crippen LogP contribution is -2.50. The van der Waals surface area contributed by atoms with Crippen LogP contribution in [0.3, 0.4) is 0 Å². The number of aryl methyl sites for hydroxylation is 2. The quantitative estimate of drug-likeness (QED) is 0.803. The van der Waals surface area contributed by atoms with Crippen LogP contribution in [-0.2, 0) is 24.2 Å². The van der Waals surface area contributed by atoms with E-state index in [2.05, 4.69) is 48.3 Å². The van der Waals surface area contributed by atoms with Gasteiger partial charge in [-0.3, -0.25) is 15.6 Å². The van der Waals surface area contributed by atoms with Gasteiger partial charge in [0.1, 0.15) is 5.75 Å². The number of thiophene rings is 1. The summed E-state index contributed by atoms with van der Waals surface area (Å²) < 4.78 is 5.89. The van der Waals surface area contributed by atoms with E-state index in [4.69, 9.17) is 4.74 Å². The summed E-state index contributed by atoms with van der Waals surface area (Å²) >= 11 is 1.68. The maximum atomic E-state index is 13.1. The minimum Gasteiger partial charge on any atom is -0.484 e. The molecule has 144 valence electrons. The van der Waals surface area contributed by atoms with Crippen LogP contribution in [0.5, 0.6) is 5.75 Å². The Morgan fingerprint density at radius 2 is 1.96 bits per heavy atom. The third kappa shape index (κ3) is 4.03. The number of hydrogen-bond acceptors (Lipinski definition) is 5. The van der Waals surface area contributed by atoms with Gasteiger partial charge in [-0.25, -0.2) is 0 Å². The van der Waals surface area contributed by atoms with Crippen molar-refractivity contribution >= 4 is 17.2 Å². The third-order valence-electron chi connectivity index (χ3n) is 5.58. The topological polar surface area (TPSA) is 53.6 Å². The summed E-state index contributed by atoms with van der Waals surface area (Å²) in [6.45, 7) is 4.90. The van der Waals surface area contributed by atoms with Crippen LogP contribution in [-0.4, -0.2) is 35.5 Å². The molecule has 1 aliphatic heterocycles. The molecule has 4 rings (SSSR count). The van der Waals surface area contributed by atoms with E-state index in [0.29, 0.717) is 6.54 Å². The fourth-order valence-corrected chi connectivity index (χ4v) is 4.91. The molecule has 27 heavy (non-hydrogen) atoms. The molecule has 2 unspecified atom stereocenters. The molecule has 1 aliphatic carbocycles. The van der Waals surface area contributed by atoms with E-state index in [0.717, 1.165) is 18.6 Å². The van der Waals surface area contributed by atoms with E-state index in [1.165, 1.54) is 22.4 Å². The zero-order chi connectivity index (χ0) is 18.8. The molecule has 5 nitrogen and oxygen atoms in total. The van der Waals surface area contributed by atoms with Crippen molar-refractivity contribution in [1.29, 1.82) is 0 Å². The van der Waals surface area contributed by atoms with E-state index < -0.39 is 0 Å². The second-order valence-corrected chi connectivity index (χ2v) is 8.56. The normalized spacial score (nSPS) is 24.0. The summed E-state index contributed by atoms with van der Waals surface area (Å²) in [5.74, 6) is 0.821. The Hall–Kier alpha value is -1.89. The number of rotatable bonds is 6. The van der Waals surface area contributed by atoms with Crippen molar-refractivity contribution in [2.24, 2.45) is 0 Å². The largest absolute Gasteiger partial charge is 0.484 e. The number of amides is 1. The molecule has 2 N–H and O–H groups in total. The third-order valence-corrected chi connectivity index (χ3v) is 6.44. The molecule has 1 aromatic heterocycles. The highest BCUT2D eigenvalue weighted by Crippen LogP contribution is 2.26. The number of ether oxygens (including phenoxy) is 1. The lowest BCUT2D eigenvalue weighted by Gasteiger charge is -2.33. The number of carbonyl (C=O) groups excluding carboxylic acids is 1. The van der Waals surface area contributed by atoms with E-state index in [9.17, 15) is 4.79 Å². The van der Waals surface area contributed by atoms with E-state index in [1.807, 2.05) is 17.0 Å². The van der Waals surface area contributed by atoms with Crippen LogP contribution in [0.1, 0.15) is 36.3 Å². The Balaban J connectivity index is 1.46. The summed E-state index contributed by atoms with van der Waals surface area (Å²) in [6, 6.07) is 10.8. The minimum absolute atomic E-state index is 0.0260. The molecule has 1 amide bonds. The summed E-state index contributed by atoms with van der Waals surface area (Å²) in [7, 11) is 0. The van der Waals surface area contributed by atoms with Crippen molar-refractivity contribution in [3.63, 3.8) is 0 Å². The fourth-order valence-electron chi connectivity index (χ4n) is 4.20. The van der Waals surface area contributed by atoms with Gasteiger partial charge in [0.15, 0.2) is 6.61 Å². The van der Waals surface area contributed by atoms with Gasteiger partial charge in [0.05, 0.1) is 12.6 Å². The molecule has 1 saturated heterocycles. The van der Waals surface area contributed by atoms with Crippen molar-refractivity contribution in [2.45, 2.75) is 57.8 Å². The number of nitrogens with one attached hydrogen (secondary N) is 2.